The number of pyridine rings is 1. The second kappa shape index (κ2) is 3.30. The van der Waals surface area contributed by atoms with Gasteiger partial charge < -0.3 is 0 Å². The molecule has 0 bridgehead atoms. The van der Waals surface area contributed by atoms with Crippen molar-refractivity contribution < 1.29 is 4.79 Å². The van der Waals surface area contributed by atoms with E-state index in [1.54, 1.807) is 12.3 Å². The van der Waals surface area contributed by atoms with Crippen LogP contribution in [0.4, 0.5) is 0 Å². The van der Waals surface area contributed by atoms with Gasteiger partial charge in [-0.2, -0.15) is 0 Å². The predicted octanol–water partition coefficient (Wildman–Crippen LogP) is 2.15. The van der Waals surface area contributed by atoms with E-state index in [4.69, 9.17) is 11.6 Å². The van der Waals surface area contributed by atoms with Gasteiger partial charge in [0.1, 0.15) is 5.15 Å². The number of carbonyl (C=O) groups is 1. The maximum atomic E-state index is 10.3. The van der Waals surface area contributed by atoms with Crippen molar-refractivity contribution in [3.63, 3.8) is 0 Å². The standard InChI is InChI=1S/C6H3ClINO/c7-6-4(3-10)1-5(8)2-9-6/h1-3H. The van der Waals surface area contributed by atoms with Crippen molar-refractivity contribution in [3.8, 4) is 0 Å². The Kier molecular flexibility index (Phi) is 2.62. The van der Waals surface area contributed by atoms with Crippen LogP contribution in [0.1, 0.15) is 10.4 Å². The topological polar surface area (TPSA) is 30.0 Å². The predicted molar refractivity (Wildman–Crippen MR) is 47.4 cm³/mol. The van der Waals surface area contributed by atoms with Crippen LogP contribution in [-0.2, 0) is 0 Å². The Hall–Kier alpha value is -0.160. The molecule has 4 heteroatoms. The third kappa shape index (κ3) is 1.67. The molecule has 0 aliphatic heterocycles. The largest absolute Gasteiger partial charge is 0.298 e. The van der Waals surface area contributed by atoms with Crippen molar-refractivity contribution in [1.82, 2.24) is 4.98 Å². The number of halogens is 2. The number of carbonyl (C=O) groups excluding carboxylic acids is 1. The first-order valence-corrected chi connectivity index (χ1v) is 3.96. The van der Waals surface area contributed by atoms with Gasteiger partial charge in [-0.25, -0.2) is 4.98 Å². The molecule has 52 valence electrons. The van der Waals surface area contributed by atoms with E-state index in [0.717, 1.165) is 3.57 Å². The zero-order valence-electron chi connectivity index (χ0n) is 4.84. The molecule has 0 radical (unpaired) electrons. The van der Waals surface area contributed by atoms with E-state index in [0.29, 0.717) is 11.8 Å². The fourth-order valence-electron chi connectivity index (χ4n) is 0.521. The molecule has 1 aromatic heterocycles. The third-order valence-electron chi connectivity index (χ3n) is 0.960. The Morgan fingerprint density at radius 2 is 2.40 bits per heavy atom. The van der Waals surface area contributed by atoms with Crippen molar-refractivity contribution in [2.75, 3.05) is 0 Å². The van der Waals surface area contributed by atoms with Crippen LogP contribution in [-0.4, -0.2) is 11.3 Å². The van der Waals surface area contributed by atoms with Gasteiger partial charge in [-0.15, -0.1) is 0 Å². The minimum Gasteiger partial charge on any atom is -0.298 e. The summed E-state index contributed by atoms with van der Waals surface area (Å²) < 4.78 is 0.907. The molecule has 0 N–H and O–H groups in total. The molecule has 0 aromatic carbocycles. The van der Waals surface area contributed by atoms with Crippen LogP contribution in [0.3, 0.4) is 0 Å². The smallest absolute Gasteiger partial charge is 0.153 e. The lowest BCUT2D eigenvalue weighted by atomic mass is 10.3. The van der Waals surface area contributed by atoms with Crippen molar-refractivity contribution in [3.05, 3.63) is 26.5 Å². The van der Waals surface area contributed by atoms with Gasteiger partial charge in [-0.3, -0.25) is 4.79 Å². The number of rotatable bonds is 1. The minimum atomic E-state index is 0.260. The van der Waals surface area contributed by atoms with Gasteiger partial charge in [0, 0.05) is 9.77 Å². The lowest BCUT2D eigenvalue weighted by Crippen LogP contribution is -1.86. The lowest BCUT2D eigenvalue weighted by Gasteiger charge is -1.93. The van der Waals surface area contributed by atoms with E-state index in [2.05, 4.69) is 27.6 Å². The second-order valence-electron chi connectivity index (χ2n) is 1.65. The molecule has 0 saturated carbocycles. The molecule has 2 nitrogen and oxygen atoms in total. The molecule has 1 aromatic rings. The number of hydrogen-bond acceptors (Lipinski definition) is 2. The quantitative estimate of drug-likeness (QED) is 0.443. The zero-order valence-corrected chi connectivity index (χ0v) is 7.76. The van der Waals surface area contributed by atoms with Crippen LogP contribution >= 0.6 is 34.2 Å². The van der Waals surface area contributed by atoms with Gasteiger partial charge in [-0.1, -0.05) is 11.6 Å². The lowest BCUT2D eigenvalue weighted by molar-refractivity contribution is 0.112. The molecule has 0 aliphatic rings. The molecule has 1 heterocycles. The summed E-state index contributed by atoms with van der Waals surface area (Å²) in [4.78, 5) is 14.0. The van der Waals surface area contributed by atoms with Crippen LogP contribution in [0.2, 0.25) is 5.15 Å². The van der Waals surface area contributed by atoms with E-state index in [-0.39, 0.29) is 5.15 Å². The highest BCUT2D eigenvalue weighted by molar-refractivity contribution is 14.1. The maximum Gasteiger partial charge on any atom is 0.153 e. The number of aldehydes is 1. The van der Waals surface area contributed by atoms with E-state index >= 15 is 0 Å². The molecular formula is C6H3ClINO. The summed E-state index contributed by atoms with van der Waals surface area (Å²) in [5, 5.41) is 0.260. The summed E-state index contributed by atoms with van der Waals surface area (Å²) in [5.41, 5.74) is 0.438. The zero-order chi connectivity index (χ0) is 7.56. The van der Waals surface area contributed by atoms with Gasteiger partial charge >= 0.3 is 0 Å². The van der Waals surface area contributed by atoms with E-state index in [9.17, 15) is 4.79 Å². The molecule has 1 rings (SSSR count). The monoisotopic (exact) mass is 267 g/mol. The summed E-state index contributed by atoms with van der Waals surface area (Å²) in [6, 6.07) is 1.68. The summed E-state index contributed by atoms with van der Waals surface area (Å²) in [6.07, 6.45) is 2.30. The molecule has 0 atom stereocenters. The minimum absolute atomic E-state index is 0.260. The van der Waals surface area contributed by atoms with Crippen LogP contribution in [0, 0.1) is 3.57 Å². The Morgan fingerprint density at radius 1 is 1.70 bits per heavy atom. The van der Waals surface area contributed by atoms with Gasteiger partial charge in [-0.05, 0) is 28.7 Å². The van der Waals surface area contributed by atoms with E-state index in [1.807, 2.05) is 0 Å². The third-order valence-corrected chi connectivity index (χ3v) is 1.87. The Labute approximate surface area is 76.7 Å². The number of aromatic nitrogens is 1. The SMILES string of the molecule is O=Cc1cc(I)cnc1Cl. The van der Waals surface area contributed by atoms with Gasteiger partial charge in [0.15, 0.2) is 6.29 Å². The molecular weight excluding hydrogens is 264 g/mol. The van der Waals surface area contributed by atoms with Crippen molar-refractivity contribution in [2.45, 2.75) is 0 Å². The molecule has 0 amide bonds. The van der Waals surface area contributed by atoms with Crippen LogP contribution < -0.4 is 0 Å². The highest BCUT2D eigenvalue weighted by Gasteiger charge is 1.98. The van der Waals surface area contributed by atoms with Gasteiger partial charge in [0.05, 0.1) is 5.56 Å². The summed E-state index contributed by atoms with van der Waals surface area (Å²) >= 11 is 7.62. The van der Waals surface area contributed by atoms with Crippen molar-refractivity contribution in [2.24, 2.45) is 0 Å². The van der Waals surface area contributed by atoms with Crippen molar-refractivity contribution in [1.29, 1.82) is 0 Å². The normalized spacial score (nSPS) is 9.40. The number of hydrogen-bond donors (Lipinski definition) is 0. The average Bonchev–Trinajstić information content (AvgIpc) is 1.94. The molecule has 0 aliphatic carbocycles. The van der Waals surface area contributed by atoms with E-state index in [1.165, 1.54) is 0 Å². The average molecular weight is 267 g/mol. The molecule has 0 saturated heterocycles. The Balaban J connectivity index is 3.21. The van der Waals surface area contributed by atoms with Crippen LogP contribution in [0.25, 0.3) is 0 Å². The summed E-state index contributed by atoms with van der Waals surface area (Å²) in [6.45, 7) is 0. The highest BCUT2D eigenvalue weighted by Crippen LogP contribution is 2.12. The van der Waals surface area contributed by atoms with Crippen molar-refractivity contribution >= 4 is 40.5 Å². The Morgan fingerprint density at radius 3 is 2.90 bits per heavy atom. The van der Waals surface area contributed by atoms with Gasteiger partial charge in [0.2, 0.25) is 0 Å². The first-order chi connectivity index (χ1) is 4.74. The molecule has 10 heavy (non-hydrogen) atoms. The Bertz CT molecular complexity index is 264. The fourth-order valence-corrected chi connectivity index (χ4v) is 1.14. The van der Waals surface area contributed by atoms with Crippen LogP contribution in [0.15, 0.2) is 12.3 Å². The van der Waals surface area contributed by atoms with Crippen LogP contribution in [0.5, 0.6) is 0 Å². The summed E-state index contributed by atoms with van der Waals surface area (Å²) in [7, 11) is 0. The first kappa shape index (κ1) is 7.94. The molecule has 0 unspecified atom stereocenters. The highest BCUT2D eigenvalue weighted by atomic mass is 127. The van der Waals surface area contributed by atoms with E-state index < -0.39 is 0 Å². The van der Waals surface area contributed by atoms with Gasteiger partial charge in [0.25, 0.3) is 0 Å². The fraction of sp³-hybridized carbons (Fsp3) is 0. The maximum absolute atomic E-state index is 10.3. The second-order valence-corrected chi connectivity index (χ2v) is 3.26. The molecule has 0 spiro atoms. The molecule has 0 fully saturated rings. The first-order valence-electron chi connectivity index (χ1n) is 2.50. The number of nitrogens with zero attached hydrogens (tertiary/aromatic N) is 1. The summed E-state index contributed by atoms with van der Waals surface area (Å²) in [5.74, 6) is 0.